The minimum atomic E-state index is 0.219. The van der Waals surface area contributed by atoms with Gasteiger partial charge in [0.05, 0.1) is 12.0 Å². The summed E-state index contributed by atoms with van der Waals surface area (Å²) in [6.45, 7) is 6.65. The van der Waals surface area contributed by atoms with Gasteiger partial charge in [0.25, 0.3) is 0 Å². The molecule has 8 nitrogen and oxygen atoms in total. The van der Waals surface area contributed by atoms with Gasteiger partial charge in [-0.05, 0) is 19.0 Å². The molecule has 2 aliphatic heterocycles. The van der Waals surface area contributed by atoms with Crippen LogP contribution in [0.25, 0.3) is 11.0 Å². The predicted molar refractivity (Wildman–Crippen MR) is 94.1 cm³/mol. The van der Waals surface area contributed by atoms with E-state index in [2.05, 4.69) is 31.9 Å². The number of pyridine rings is 1. The van der Waals surface area contributed by atoms with Gasteiger partial charge in [-0.25, -0.2) is 4.98 Å². The summed E-state index contributed by atoms with van der Waals surface area (Å²) in [7, 11) is 2.15. The number of aromatic amines is 1. The van der Waals surface area contributed by atoms with Crippen molar-refractivity contribution >= 4 is 22.7 Å². The Kier molecular flexibility index (Phi) is 4.03. The van der Waals surface area contributed by atoms with E-state index in [1.54, 1.807) is 0 Å². The van der Waals surface area contributed by atoms with E-state index in [1.807, 2.05) is 0 Å². The second-order valence-corrected chi connectivity index (χ2v) is 6.77. The number of nitrogens with two attached hydrogens (primary N) is 1. The second kappa shape index (κ2) is 6.19. The Morgan fingerprint density at radius 2 is 1.96 bits per heavy atom. The van der Waals surface area contributed by atoms with Crippen LogP contribution in [-0.4, -0.2) is 83.0 Å². The lowest BCUT2D eigenvalue weighted by Gasteiger charge is -2.37. The van der Waals surface area contributed by atoms with Crippen molar-refractivity contribution in [3.05, 3.63) is 11.1 Å². The summed E-state index contributed by atoms with van der Waals surface area (Å²) in [5, 5.41) is 17.3. The molecule has 0 radical (unpaired) electrons. The Morgan fingerprint density at radius 3 is 2.71 bits per heavy atom. The van der Waals surface area contributed by atoms with Gasteiger partial charge in [-0.15, -0.1) is 0 Å². The smallest absolute Gasteiger partial charge is 0.185 e. The quantitative estimate of drug-likeness (QED) is 0.707. The number of nitrogens with one attached hydrogen (secondary N) is 1. The number of H-pyrrole nitrogens is 1. The molecule has 4 N–H and O–H groups in total. The SMILES string of the molecule is CN1CCc2c(c(N3CCN(CCO)CC3)nc3n[nH]c(N)c23)C1. The molecule has 0 amide bonds. The highest BCUT2D eigenvalue weighted by atomic mass is 16.3. The summed E-state index contributed by atoms with van der Waals surface area (Å²) in [5.74, 6) is 1.68. The van der Waals surface area contributed by atoms with E-state index in [0.29, 0.717) is 5.82 Å². The van der Waals surface area contributed by atoms with E-state index in [9.17, 15) is 0 Å². The van der Waals surface area contributed by atoms with Gasteiger partial charge in [-0.2, -0.15) is 5.10 Å². The van der Waals surface area contributed by atoms with E-state index >= 15 is 0 Å². The van der Waals surface area contributed by atoms with Crippen LogP contribution in [0.4, 0.5) is 11.6 Å². The first-order chi connectivity index (χ1) is 11.7. The zero-order valence-electron chi connectivity index (χ0n) is 14.1. The molecule has 8 heteroatoms. The van der Waals surface area contributed by atoms with Crippen LogP contribution in [0.1, 0.15) is 11.1 Å². The van der Waals surface area contributed by atoms with Gasteiger partial charge in [-0.1, -0.05) is 0 Å². The largest absolute Gasteiger partial charge is 0.395 e. The van der Waals surface area contributed by atoms with Crippen molar-refractivity contribution < 1.29 is 5.11 Å². The maximum atomic E-state index is 9.11. The number of β-amino-alcohol motifs (C(OH)–C–C–N with tert-alkyl or cyclic N) is 1. The Hall–Kier alpha value is -1.90. The van der Waals surface area contributed by atoms with Crippen molar-refractivity contribution in [2.24, 2.45) is 0 Å². The summed E-state index contributed by atoms with van der Waals surface area (Å²) in [6.07, 6.45) is 0.978. The molecule has 2 aromatic heterocycles. The number of piperazine rings is 1. The van der Waals surface area contributed by atoms with Gasteiger partial charge in [0.15, 0.2) is 5.65 Å². The topological polar surface area (TPSA) is 97.5 Å². The number of nitrogens with zero attached hydrogens (tertiary/aromatic N) is 5. The van der Waals surface area contributed by atoms with Crippen LogP contribution in [0, 0.1) is 0 Å². The number of hydrogen-bond donors (Lipinski definition) is 3. The van der Waals surface area contributed by atoms with Gasteiger partial charge in [-0.3, -0.25) is 10.00 Å². The molecule has 0 atom stereocenters. The molecule has 1 saturated heterocycles. The standard InChI is InChI=1S/C16H25N7O/c1-21-3-2-11-12(10-21)16(18-15-13(11)14(17)19-20-15)23-6-4-22(5-7-23)8-9-24/h24H,2-10H2,1H3,(H3,17,18,19,20). The first-order valence-corrected chi connectivity index (χ1v) is 8.59. The number of fused-ring (bicyclic) bond motifs is 3. The average Bonchev–Trinajstić information content (AvgIpc) is 2.96. The number of hydrogen-bond acceptors (Lipinski definition) is 7. The lowest BCUT2D eigenvalue weighted by molar-refractivity contribution is 0.188. The van der Waals surface area contributed by atoms with Crippen LogP contribution >= 0.6 is 0 Å². The second-order valence-electron chi connectivity index (χ2n) is 6.77. The minimum Gasteiger partial charge on any atom is -0.395 e. The Morgan fingerprint density at radius 1 is 1.17 bits per heavy atom. The predicted octanol–water partition coefficient (Wildman–Crippen LogP) is -0.358. The molecule has 0 bridgehead atoms. The molecule has 0 spiro atoms. The molecule has 0 aromatic carbocycles. The lowest BCUT2D eigenvalue weighted by atomic mass is 9.97. The van der Waals surface area contributed by atoms with Gasteiger partial charge >= 0.3 is 0 Å². The van der Waals surface area contributed by atoms with Crippen LogP contribution in [0.3, 0.4) is 0 Å². The highest BCUT2D eigenvalue weighted by Crippen LogP contribution is 2.34. The summed E-state index contributed by atoms with van der Waals surface area (Å²) < 4.78 is 0. The fourth-order valence-electron chi connectivity index (χ4n) is 3.86. The maximum absolute atomic E-state index is 9.11. The van der Waals surface area contributed by atoms with Crippen LogP contribution in [0.5, 0.6) is 0 Å². The Bertz CT molecular complexity index is 736. The highest BCUT2D eigenvalue weighted by Gasteiger charge is 2.27. The van der Waals surface area contributed by atoms with E-state index in [4.69, 9.17) is 15.8 Å². The zero-order chi connectivity index (χ0) is 16.7. The first kappa shape index (κ1) is 15.6. The molecule has 24 heavy (non-hydrogen) atoms. The van der Waals surface area contributed by atoms with E-state index in [-0.39, 0.29) is 6.61 Å². The highest BCUT2D eigenvalue weighted by molar-refractivity contribution is 5.92. The molecule has 0 aliphatic carbocycles. The van der Waals surface area contributed by atoms with Crippen LogP contribution in [0.15, 0.2) is 0 Å². The third-order valence-electron chi connectivity index (χ3n) is 5.18. The monoisotopic (exact) mass is 331 g/mol. The van der Waals surface area contributed by atoms with Gasteiger partial charge in [0.1, 0.15) is 11.6 Å². The van der Waals surface area contributed by atoms with Crippen molar-refractivity contribution in [1.29, 1.82) is 0 Å². The zero-order valence-corrected chi connectivity index (χ0v) is 14.1. The van der Waals surface area contributed by atoms with Crippen molar-refractivity contribution in [3.8, 4) is 0 Å². The maximum Gasteiger partial charge on any atom is 0.185 e. The third kappa shape index (κ3) is 2.60. The van der Waals surface area contributed by atoms with Crippen molar-refractivity contribution in [2.75, 3.05) is 63.6 Å². The third-order valence-corrected chi connectivity index (χ3v) is 5.18. The molecule has 130 valence electrons. The van der Waals surface area contributed by atoms with E-state index < -0.39 is 0 Å². The number of aliphatic hydroxyl groups is 1. The van der Waals surface area contributed by atoms with Crippen LogP contribution in [0.2, 0.25) is 0 Å². The number of aromatic nitrogens is 3. The molecule has 0 saturated carbocycles. The fourth-order valence-corrected chi connectivity index (χ4v) is 3.86. The molecule has 0 unspecified atom stereocenters. The normalized spacial score (nSPS) is 19.8. The molecular formula is C16H25N7O. The Labute approximate surface area is 141 Å². The number of nitrogen functional groups attached to an aromatic ring is 1. The number of rotatable bonds is 3. The molecule has 4 heterocycles. The van der Waals surface area contributed by atoms with Crippen LogP contribution in [-0.2, 0) is 13.0 Å². The number of likely N-dealkylation sites (N-methyl/N-ethyl adjacent to an activating group) is 1. The van der Waals surface area contributed by atoms with Gasteiger partial charge in [0, 0.05) is 51.4 Å². The summed E-state index contributed by atoms with van der Waals surface area (Å²) >= 11 is 0. The molecular weight excluding hydrogens is 306 g/mol. The molecule has 2 aliphatic rings. The van der Waals surface area contributed by atoms with E-state index in [1.165, 1.54) is 11.1 Å². The van der Waals surface area contributed by atoms with Crippen molar-refractivity contribution in [2.45, 2.75) is 13.0 Å². The molecule has 4 rings (SSSR count). The van der Waals surface area contributed by atoms with Crippen LogP contribution < -0.4 is 10.6 Å². The fraction of sp³-hybridized carbons (Fsp3) is 0.625. The van der Waals surface area contributed by atoms with Crippen molar-refractivity contribution in [1.82, 2.24) is 25.0 Å². The van der Waals surface area contributed by atoms with Crippen molar-refractivity contribution in [3.63, 3.8) is 0 Å². The minimum absolute atomic E-state index is 0.219. The Balaban J connectivity index is 1.72. The van der Waals surface area contributed by atoms with Gasteiger partial charge < -0.3 is 20.6 Å². The lowest BCUT2D eigenvalue weighted by Crippen LogP contribution is -2.48. The number of aliphatic hydroxyl groups excluding tert-OH is 1. The van der Waals surface area contributed by atoms with Gasteiger partial charge in [0.2, 0.25) is 0 Å². The molecule has 2 aromatic rings. The summed E-state index contributed by atoms with van der Waals surface area (Å²) in [6, 6.07) is 0. The summed E-state index contributed by atoms with van der Waals surface area (Å²) in [5.41, 5.74) is 9.42. The summed E-state index contributed by atoms with van der Waals surface area (Å²) in [4.78, 5) is 11.8. The first-order valence-electron chi connectivity index (χ1n) is 8.59. The number of anilines is 2. The molecule has 1 fully saturated rings. The average molecular weight is 331 g/mol. The van der Waals surface area contributed by atoms with E-state index in [0.717, 1.165) is 69.1 Å².